The van der Waals surface area contributed by atoms with Gasteiger partial charge in [-0.3, -0.25) is 4.98 Å². The molecule has 0 saturated heterocycles. The molecule has 0 N–H and O–H groups in total. The summed E-state index contributed by atoms with van der Waals surface area (Å²) in [6.45, 7) is 6.71. The maximum atomic E-state index is 4.90. The molecule has 1 atom stereocenters. The molecule has 3 aromatic carbocycles. The quantitative estimate of drug-likeness (QED) is 0.239. The minimum atomic E-state index is 0.866. The number of nitrogens with zero attached hydrogens (tertiary/aromatic N) is 1. The summed E-state index contributed by atoms with van der Waals surface area (Å²) in [5.74, 6) is 2.79. The Labute approximate surface area is 224 Å². The molecule has 0 aliphatic heterocycles. The molecular weight excluding hydrogens is 466 g/mol. The van der Waals surface area contributed by atoms with Crippen LogP contribution in [0.4, 0.5) is 0 Å². The fraction of sp³-hybridized carbons (Fsp3) is 0.343. The van der Waals surface area contributed by atoms with Gasteiger partial charge in [-0.25, -0.2) is 0 Å². The number of aryl methyl sites for hydroxylation is 3. The van der Waals surface area contributed by atoms with Crippen LogP contribution < -0.4 is 0 Å². The highest BCUT2D eigenvalue weighted by atomic mass is 32.1. The van der Waals surface area contributed by atoms with Crippen LogP contribution in [0.25, 0.3) is 42.6 Å². The van der Waals surface area contributed by atoms with E-state index >= 15 is 0 Å². The minimum absolute atomic E-state index is 0.866. The number of rotatable bonds is 4. The maximum absolute atomic E-state index is 4.90. The molecule has 2 heterocycles. The Morgan fingerprint density at radius 3 is 2.38 bits per heavy atom. The van der Waals surface area contributed by atoms with Crippen molar-refractivity contribution in [3.05, 3.63) is 89.1 Å². The van der Waals surface area contributed by atoms with Crippen molar-refractivity contribution >= 4 is 31.5 Å². The Bertz CT molecular complexity index is 1610. The van der Waals surface area contributed by atoms with Gasteiger partial charge in [-0.1, -0.05) is 55.3 Å². The standard InChI is InChI=1S/C35H35NS/c1-21-16-30(33-22(2)6-4-7-23(33)3)34-29-9-5-8-28(35(29)37-32(34)17-21)31-20-25(14-15-36-31)19-27-18-24-10-12-26(27)13-11-24/h4-9,14-17,20,24,26-27H,10-13,18-19H2,1-3H3. The first-order valence-electron chi connectivity index (χ1n) is 14.0. The van der Waals surface area contributed by atoms with Gasteiger partial charge in [-0.15, -0.1) is 11.3 Å². The van der Waals surface area contributed by atoms with Gasteiger partial charge in [0.2, 0.25) is 0 Å². The van der Waals surface area contributed by atoms with E-state index < -0.39 is 0 Å². The highest BCUT2D eigenvalue weighted by Gasteiger charge is 2.35. The van der Waals surface area contributed by atoms with Gasteiger partial charge in [0.05, 0.1) is 5.69 Å². The van der Waals surface area contributed by atoms with E-state index in [9.17, 15) is 0 Å². The highest BCUT2D eigenvalue weighted by molar-refractivity contribution is 7.26. The van der Waals surface area contributed by atoms with E-state index in [2.05, 4.69) is 81.4 Å². The van der Waals surface area contributed by atoms with E-state index in [1.165, 1.54) is 97.6 Å². The van der Waals surface area contributed by atoms with Crippen LogP contribution in [-0.2, 0) is 6.42 Å². The average molecular weight is 502 g/mol. The predicted molar refractivity (Wildman–Crippen MR) is 159 cm³/mol. The van der Waals surface area contributed by atoms with E-state index in [0.29, 0.717) is 0 Å². The van der Waals surface area contributed by atoms with E-state index in [1.54, 1.807) is 0 Å². The first-order chi connectivity index (χ1) is 18.0. The number of fused-ring (bicyclic) bond motifs is 6. The van der Waals surface area contributed by atoms with Crippen LogP contribution in [-0.4, -0.2) is 4.98 Å². The molecule has 0 radical (unpaired) electrons. The van der Waals surface area contributed by atoms with Crippen molar-refractivity contribution < 1.29 is 0 Å². The maximum Gasteiger partial charge on any atom is 0.0719 e. The summed E-state index contributed by atoms with van der Waals surface area (Å²) in [4.78, 5) is 4.90. The second-order valence-electron chi connectivity index (χ2n) is 11.8. The Morgan fingerprint density at radius 1 is 0.838 bits per heavy atom. The SMILES string of the molecule is Cc1cc(-c2c(C)cccc2C)c2c(c1)sc1c(-c3cc(CC4CC5CCC4CC5)ccn3)cccc12. The summed E-state index contributed by atoms with van der Waals surface area (Å²) in [7, 11) is 0. The van der Waals surface area contributed by atoms with Crippen LogP contribution in [0.1, 0.15) is 54.4 Å². The first kappa shape index (κ1) is 23.2. The van der Waals surface area contributed by atoms with Crippen molar-refractivity contribution in [3.8, 4) is 22.4 Å². The predicted octanol–water partition coefficient (Wildman–Crippen LogP) is 10.1. The zero-order valence-corrected chi connectivity index (χ0v) is 23.0. The Morgan fingerprint density at radius 2 is 1.62 bits per heavy atom. The lowest BCUT2D eigenvalue weighted by molar-refractivity contribution is 0.0991. The summed E-state index contributed by atoms with van der Waals surface area (Å²) >= 11 is 1.93. The molecule has 1 nitrogen and oxygen atoms in total. The number of thiophene rings is 1. The van der Waals surface area contributed by atoms with Crippen molar-refractivity contribution in [1.82, 2.24) is 4.98 Å². The van der Waals surface area contributed by atoms with Gasteiger partial charge in [0.25, 0.3) is 0 Å². The zero-order valence-electron chi connectivity index (χ0n) is 22.2. The fourth-order valence-electron chi connectivity index (χ4n) is 7.52. The summed E-state index contributed by atoms with van der Waals surface area (Å²) < 4.78 is 2.73. The second-order valence-corrected chi connectivity index (χ2v) is 12.8. The normalized spacial score (nSPS) is 21.2. The summed E-state index contributed by atoms with van der Waals surface area (Å²) in [6.07, 6.45) is 10.6. The number of aromatic nitrogens is 1. The van der Waals surface area contributed by atoms with E-state index in [4.69, 9.17) is 4.98 Å². The molecule has 3 aliphatic carbocycles. The summed E-state index contributed by atoms with van der Waals surface area (Å²) in [6, 6.07) is 22.9. The Hall–Kier alpha value is -2.97. The molecule has 2 heteroatoms. The molecule has 5 aromatic rings. The van der Waals surface area contributed by atoms with Gasteiger partial charge >= 0.3 is 0 Å². The number of hydrogen-bond acceptors (Lipinski definition) is 2. The number of benzene rings is 3. The fourth-order valence-corrected chi connectivity index (χ4v) is 8.87. The van der Waals surface area contributed by atoms with Crippen molar-refractivity contribution in [1.29, 1.82) is 0 Å². The van der Waals surface area contributed by atoms with Gasteiger partial charge in [0, 0.05) is 31.9 Å². The van der Waals surface area contributed by atoms with Crippen LogP contribution in [0.15, 0.2) is 66.9 Å². The van der Waals surface area contributed by atoms with Crippen LogP contribution in [0, 0.1) is 38.5 Å². The van der Waals surface area contributed by atoms with Crippen molar-refractivity contribution in [2.45, 2.75) is 59.3 Å². The van der Waals surface area contributed by atoms with Crippen LogP contribution in [0.3, 0.4) is 0 Å². The third-order valence-corrected chi connectivity index (χ3v) is 10.5. The molecule has 2 aromatic heterocycles. The lowest BCUT2D eigenvalue weighted by Gasteiger charge is -2.42. The van der Waals surface area contributed by atoms with Gasteiger partial charge in [-0.2, -0.15) is 0 Å². The molecule has 0 amide bonds. The molecule has 3 fully saturated rings. The summed E-state index contributed by atoms with van der Waals surface area (Å²) in [5.41, 5.74) is 10.6. The van der Waals surface area contributed by atoms with E-state index in [0.717, 1.165) is 23.4 Å². The number of hydrogen-bond donors (Lipinski definition) is 0. The molecule has 1 unspecified atom stereocenters. The Balaban J connectivity index is 1.35. The largest absolute Gasteiger partial charge is 0.256 e. The van der Waals surface area contributed by atoms with Gasteiger partial charge in [0.15, 0.2) is 0 Å². The molecule has 3 saturated carbocycles. The number of pyridine rings is 1. The lowest BCUT2D eigenvalue weighted by Crippen LogP contribution is -2.32. The van der Waals surface area contributed by atoms with Crippen molar-refractivity contribution in [2.75, 3.05) is 0 Å². The second kappa shape index (κ2) is 9.10. The molecule has 186 valence electrons. The molecule has 8 rings (SSSR count). The smallest absolute Gasteiger partial charge is 0.0719 e. The summed E-state index contributed by atoms with van der Waals surface area (Å²) in [5, 5.41) is 2.74. The van der Waals surface area contributed by atoms with E-state index in [-0.39, 0.29) is 0 Å². The molecule has 37 heavy (non-hydrogen) atoms. The third-order valence-electron chi connectivity index (χ3n) is 9.29. The van der Waals surface area contributed by atoms with Crippen LogP contribution in [0.5, 0.6) is 0 Å². The first-order valence-corrected chi connectivity index (χ1v) is 14.8. The zero-order chi connectivity index (χ0) is 25.1. The van der Waals surface area contributed by atoms with E-state index in [1.807, 2.05) is 17.5 Å². The van der Waals surface area contributed by atoms with Crippen LogP contribution >= 0.6 is 11.3 Å². The van der Waals surface area contributed by atoms with Crippen molar-refractivity contribution in [3.63, 3.8) is 0 Å². The molecule has 0 spiro atoms. The Kier molecular flexibility index (Phi) is 5.70. The average Bonchev–Trinajstić information content (AvgIpc) is 3.28. The van der Waals surface area contributed by atoms with Gasteiger partial charge < -0.3 is 0 Å². The highest BCUT2D eigenvalue weighted by Crippen LogP contribution is 2.47. The molecule has 3 aliphatic rings. The topological polar surface area (TPSA) is 12.9 Å². The van der Waals surface area contributed by atoms with Gasteiger partial charge in [0.1, 0.15) is 0 Å². The monoisotopic (exact) mass is 501 g/mol. The van der Waals surface area contributed by atoms with Crippen LogP contribution in [0.2, 0.25) is 0 Å². The van der Waals surface area contributed by atoms with Gasteiger partial charge in [-0.05, 0) is 116 Å². The third kappa shape index (κ3) is 4.01. The lowest BCUT2D eigenvalue weighted by atomic mass is 9.63. The molecule has 2 bridgehead atoms. The minimum Gasteiger partial charge on any atom is -0.256 e. The molecular formula is C35H35NS. The van der Waals surface area contributed by atoms with Crippen molar-refractivity contribution in [2.24, 2.45) is 17.8 Å².